The number of phenolic OH excluding ortho intramolecular Hbond substituents is 1. The summed E-state index contributed by atoms with van der Waals surface area (Å²) in [4.78, 5) is 4.27. The molecule has 0 amide bonds. The third-order valence-corrected chi connectivity index (χ3v) is 5.99. The van der Waals surface area contributed by atoms with Crippen molar-refractivity contribution >= 4 is 70.3 Å². The van der Waals surface area contributed by atoms with Gasteiger partial charge >= 0.3 is 0 Å². The molecule has 0 saturated carbocycles. The number of hydrogen-bond acceptors (Lipinski definition) is 6. The lowest BCUT2D eigenvalue weighted by Gasteiger charge is -2.07. The van der Waals surface area contributed by atoms with Crippen molar-refractivity contribution in [3.05, 3.63) is 72.4 Å². The Labute approximate surface area is 218 Å². The topological polar surface area (TPSA) is 108 Å². The maximum absolute atomic E-state index is 9.13. The first-order chi connectivity index (χ1) is 15.4. The van der Waals surface area contributed by atoms with Gasteiger partial charge in [0.05, 0.1) is 18.5 Å². The molecule has 0 aliphatic carbocycles. The van der Waals surface area contributed by atoms with Crippen molar-refractivity contribution in [2.75, 3.05) is 18.6 Å². The lowest BCUT2D eigenvalue weighted by molar-refractivity contribution is 0.416. The summed E-state index contributed by atoms with van der Waals surface area (Å²) in [6.45, 7) is 7.67. The summed E-state index contributed by atoms with van der Waals surface area (Å²) in [6.07, 6.45) is 0. The quantitative estimate of drug-likeness (QED) is 0.146. The minimum absolute atomic E-state index is 0.131. The SMILES string of the molecule is COc1cc(Br)cc(C)c1N.Cc1cc(Br)cc(O)c1N.Cc1nc2c(C)cc(Br)cc2o1. The van der Waals surface area contributed by atoms with Gasteiger partial charge in [-0.1, -0.05) is 47.8 Å². The summed E-state index contributed by atoms with van der Waals surface area (Å²) in [5.74, 6) is 1.56. The average molecular weight is 644 g/mol. The van der Waals surface area contributed by atoms with Crippen molar-refractivity contribution in [2.24, 2.45) is 0 Å². The van der Waals surface area contributed by atoms with Crippen LogP contribution in [0, 0.1) is 27.7 Å². The van der Waals surface area contributed by atoms with Crippen LogP contribution in [-0.2, 0) is 0 Å². The van der Waals surface area contributed by atoms with E-state index in [1.54, 1.807) is 13.2 Å². The van der Waals surface area contributed by atoms with Crippen LogP contribution in [-0.4, -0.2) is 17.2 Å². The van der Waals surface area contributed by atoms with Gasteiger partial charge in [-0.3, -0.25) is 0 Å². The molecule has 4 rings (SSSR count). The van der Waals surface area contributed by atoms with Gasteiger partial charge in [-0.05, 0) is 73.9 Å². The summed E-state index contributed by atoms with van der Waals surface area (Å²) in [5.41, 5.74) is 17.2. The monoisotopic (exact) mass is 641 g/mol. The number of rotatable bonds is 1. The number of benzene rings is 3. The lowest BCUT2D eigenvalue weighted by atomic mass is 10.2. The van der Waals surface area contributed by atoms with Crippen LogP contribution in [0.25, 0.3) is 11.1 Å². The fourth-order valence-electron chi connectivity index (χ4n) is 2.89. The second kappa shape index (κ2) is 11.8. The van der Waals surface area contributed by atoms with Gasteiger partial charge in [0, 0.05) is 20.3 Å². The first-order valence-electron chi connectivity index (χ1n) is 9.80. The predicted molar refractivity (Wildman–Crippen MR) is 146 cm³/mol. The highest BCUT2D eigenvalue weighted by molar-refractivity contribution is 9.11. The van der Waals surface area contributed by atoms with Crippen molar-refractivity contribution in [1.82, 2.24) is 4.98 Å². The van der Waals surface area contributed by atoms with Gasteiger partial charge in [0.25, 0.3) is 0 Å². The number of aryl methyl sites for hydroxylation is 4. The van der Waals surface area contributed by atoms with Crippen LogP contribution in [0.1, 0.15) is 22.6 Å². The zero-order valence-electron chi connectivity index (χ0n) is 19.0. The molecule has 1 aromatic heterocycles. The molecule has 0 atom stereocenters. The van der Waals surface area contributed by atoms with Crippen molar-refractivity contribution in [2.45, 2.75) is 27.7 Å². The fraction of sp³-hybridized carbons (Fsp3) is 0.208. The third-order valence-electron chi connectivity index (χ3n) is 4.62. The van der Waals surface area contributed by atoms with Gasteiger partial charge in [0.2, 0.25) is 0 Å². The summed E-state index contributed by atoms with van der Waals surface area (Å²) < 4.78 is 13.3. The number of anilines is 2. The molecule has 9 heteroatoms. The van der Waals surface area contributed by atoms with Crippen molar-refractivity contribution in [3.63, 3.8) is 0 Å². The average Bonchev–Trinajstić information content (AvgIpc) is 3.10. The Kier molecular flexibility index (Phi) is 9.63. The maximum atomic E-state index is 9.13. The highest BCUT2D eigenvalue weighted by Crippen LogP contribution is 2.29. The second-order valence-corrected chi connectivity index (χ2v) is 10.0. The number of aromatic nitrogens is 1. The summed E-state index contributed by atoms with van der Waals surface area (Å²) in [7, 11) is 1.61. The number of hydrogen-bond donors (Lipinski definition) is 3. The molecule has 0 aliphatic rings. The molecule has 0 fully saturated rings. The van der Waals surface area contributed by atoms with E-state index in [1.165, 1.54) is 0 Å². The number of halogens is 3. The molecular weight excluding hydrogens is 618 g/mol. The number of nitrogens with two attached hydrogens (primary N) is 2. The standard InChI is InChI=1S/C9H8BrNO.C8H10BrNO.C7H8BrNO/c1-5-3-7(10)4-8-9(5)11-6(2)12-8;1-5-3-6(9)4-7(11-2)8(5)10;1-4-2-5(8)3-6(10)7(4)9/h3-4H,1-2H3;3-4H,10H2,1-2H3;2-3,10H,9H2,1H3. The molecule has 176 valence electrons. The van der Waals surface area contributed by atoms with E-state index in [2.05, 4.69) is 52.8 Å². The predicted octanol–water partition coefficient (Wildman–Crippen LogP) is 7.60. The molecule has 6 nitrogen and oxygen atoms in total. The van der Waals surface area contributed by atoms with E-state index in [9.17, 15) is 0 Å². The highest BCUT2D eigenvalue weighted by Gasteiger charge is 2.05. The molecule has 0 saturated heterocycles. The smallest absolute Gasteiger partial charge is 0.192 e. The zero-order valence-corrected chi connectivity index (χ0v) is 23.7. The molecule has 0 bridgehead atoms. The van der Waals surface area contributed by atoms with Gasteiger partial charge < -0.3 is 25.7 Å². The van der Waals surface area contributed by atoms with Crippen molar-refractivity contribution in [1.29, 1.82) is 0 Å². The zero-order chi connectivity index (χ0) is 24.9. The van der Waals surface area contributed by atoms with Gasteiger partial charge in [-0.2, -0.15) is 0 Å². The Hall–Kier alpha value is -2.23. The number of phenols is 1. The minimum atomic E-state index is 0.131. The molecule has 5 N–H and O–H groups in total. The van der Waals surface area contributed by atoms with Crippen LogP contribution < -0.4 is 16.2 Å². The Morgan fingerprint density at radius 3 is 1.88 bits per heavy atom. The van der Waals surface area contributed by atoms with Gasteiger partial charge in [-0.25, -0.2) is 4.98 Å². The molecule has 33 heavy (non-hydrogen) atoms. The van der Waals surface area contributed by atoms with Crippen LogP contribution in [0.15, 0.2) is 54.2 Å². The van der Waals surface area contributed by atoms with E-state index >= 15 is 0 Å². The molecule has 1 heterocycles. The Bertz CT molecular complexity index is 1250. The highest BCUT2D eigenvalue weighted by atomic mass is 79.9. The Morgan fingerprint density at radius 2 is 1.30 bits per heavy atom. The van der Waals surface area contributed by atoms with E-state index in [-0.39, 0.29) is 5.75 Å². The number of nitrogen functional groups attached to an aromatic ring is 2. The van der Waals surface area contributed by atoms with E-state index in [0.29, 0.717) is 17.3 Å². The number of aromatic hydroxyl groups is 1. The summed E-state index contributed by atoms with van der Waals surface area (Å²) in [5, 5.41) is 9.13. The number of oxazole rings is 1. The molecule has 0 radical (unpaired) electrons. The van der Waals surface area contributed by atoms with E-state index < -0.39 is 0 Å². The normalized spacial score (nSPS) is 10.2. The second-order valence-electron chi connectivity index (χ2n) is 7.30. The minimum Gasteiger partial charge on any atom is -0.506 e. The van der Waals surface area contributed by atoms with E-state index in [4.69, 9.17) is 25.7 Å². The van der Waals surface area contributed by atoms with Crippen LogP contribution in [0.3, 0.4) is 0 Å². The molecular formula is C24H26Br3N3O3. The Morgan fingerprint density at radius 1 is 0.788 bits per heavy atom. The van der Waals surface area contributed by atoms with Crippen molar-refractivity contribution < 1.29 is 14.3 Å². The molecule has 0 spiro atoms. The van der Waals surface area contributed by atoms with Crippen LogP contribution in [0.5, 0.6) is 11.5 Å². The summed E-state index contributed by atoms with van der Waals surface area (Å²) >= 11 is 9.99. The number of fused-ring (bicyclic) bond motifs is 1. The molecule has 0 unspecified atom stereocenters. The third kappa shape index (κ3) is 7.38. The van der Waals surface area contributed by atoms with Crippen LogP contribution in [0.2, 0.25) is 0 Å². The first kappa shape index (κ1) is 27.0. The lowest BCUT2D eigenvalue weighted by Crippen LogP contribution is -1.94. The van der Waals surface area contributed by atoms with Gasteiger partial charge in [0.15, 0.2) is 11.5 Å². The number of methoxy groups -OCH3 is 1. The van der Waals surface area contributed by atoms with Gasteiger partial charge in [0.1, 0.15) is 17.0 Å². The fourth-order valence-corrected chi connectivity index (χ4v) is 4.56. The van der Waals surface area contributed by atoms with Crippen LogP contribution >= 0.6 is 47.8 Å². The number of ether oxygens (including phenoxy) is 1. The largest absolute Gasteiger partial charge is 0.506 e. The van der Waals surface area contributed by atoms with E-state index in [0.717, 1.165) is 47.0 Å². The maximum Gasteiger partial charge on any atom is 0.192 e. The molecule has 0 aliphatic heterocycles. The summed E-state index contributed by atoms with van der Waals surface area (Å²) in [6, 6.07) is 11.2. The van der Waals surface area contributed by atoms with E-state index in [1.807, 2.05) is 58.0 Å². The van der Waals surface area contributed by atoms with Gasteiger partial charge in [-0.15, -0.1) is 0 Å². The number of nitrogens with zero attached hydrogens (tertiary/aromatic N) is 1. The Balaban J connectivity index is 0.000000176. The molecule has 4 aromatic rings. The molecule has 3 aromatic carbocycles. The van der Waals surface area contributed by atoms with Crippen LogP contribution in [0.4, 0.5) is 11.4 Å². The first-order valence-corrected chi connectivity index (χ1v) is 12.2. The van der Waals surface area contributed by atoms with Crippen molar-refractivity contribution in [3.8, 4) is 11.5 Å².